The highest BCUT2D eigenvalue weighted by atomic mass is 31.2. The fourth-order valence-corrected chi connectivity index (χ4v) is 6.29. The summed E-state index contributed by atoms with van der Waals surface area (Å²) in [7, 11) is -3.70. The van der Waals surface area contributed by atoms with Crippen molar-refractivity contribution < 1.29 is 32.9 Å². The molecule has 2 N–H and O–H groups in total. The summed E-state index contributed by atoms with van der Waals surface area (Å²) in [5, 5.41) is 5.49. The molecular weight excluding hydrogens is 579 g/mol. The fraction of sp³-hybridized carbons (Fsp3) is 0.412. The average Bonchev–Trinajstić information content (AvgIpc) is 2.94. The first-order valence-corrected chi connectivity index (χ1v) is 16.7. The van der Waals surface area contributed by atoms with Crippen LogP contribution in [-0.2, 0) is 20.5 Å². The van der Waals surface area contributed by atoms with E-state index in [1.54, 1.807) is 45.0 Å². The number of benzene rings is 3. The number of hydrogen-bond donors (Lipinski definition) is 2. The second-order valence-electron chi connectivity index (χ2n) is 11.3. The maximum absolute atomic E-state index is 14.0. The predicted molar refractivity (Wildman–Crippen MR) is 173 cm³/mol. The molecule has 0 radical (unpaired) electrons. The lowest BCUT2D eigenvalue weighted by Gasteiger charge is -2.24. The van der Waals surface area contributed by atoms with Crippen molar-refractivity contribution in [2.75, 3.05) is 12.9 Å². The van der Waals surface area contributed by atoms with Gasteiger partial charge in [0.15, 0.2) is 6.35 Å². The molecule has 1 unspecified atom stereocenters. The van der Waals surface area contributed by atoms with Gasteiger partial charge in [0.05, 0.1) is 6.10 Å². The molecule has 3 aromatic carbocycles. The number of carbonyl (C=O) groups excluding carboxylic acids is 2. The Morgan fingerprint density at radius 3 is 2.14 bits per heavy atom. The molecule has 238 valence electrons. The van der Waals surface area contributed by atoms with E-state index in [0.717, 1.165) is 27.8 Å². The molecule has 0 aliphatic rings. The fourth-order valence-electron chi connectivity index (χ4n) is 4.64. The molecule has 0 aromatic heterocycles. The lowest BCUT2D eigenvalue weighted by molar-refractivity contribution is -0.149. The summed E-state index contributed by atoms with van der Waals surface area (Å²) >= 11 is 0. The maximum Gasteiger partial charge on any atom is 0.412 e. The Bertz CT molecular complexity index is 1450. The molecule has 0 heterocycles. The lowest BCUT2D eigenvalue weighted by atomic mass is 9.93. The molecule has 0 spiro atoms. The van der Waals surface area contributed by atoms with Crippen LogP contribution in [0.3, 0.4) is 0 Å². The smallest absolute Gasteiger partial charge is 0.412 e. The summed E-state index contributed by atoms with van der Waals surface area (Å²) in [6, 6.07) is 17.6. The molecule has 0 aliphatic heterocycles. The molecule has 0 saturated carbocycles. The van der Waals surface area contributed by atoms with E-state index in [4.69, 9.17) is 18.7 Å². The molecule has 2 atom stereocenters. The van der Waals surface area contributed by atoms with Crippen molar-refractivity contribution >= 4 is 19.6 Å². The Hall–Kier alpha value is -3.81. The van der Waals surface area contributed by atoms with Gasteiger partial charge in [0, 0.05) is 6.54 Å². The first-order chi connectivity index (χ1) is 20.8. The average molecular weight is 625 g/mol. The van der Waals surface area contributed by atoms with Gasteiger partial charge in [0.2, 0.25) is 0 Å². The van der Waals surface area contributed by atoms with Gasteiger partial charge in [0.1, 0.15) is 23.3 Å². The van der Waals surface area contributed by atoms with Crippen LogP contribution in [0, 0.1) is 13.8 Å². The third kappa shape index (κ3) is 10.1. The van der Waals surface area contributed by atoms with Gasteiger partial charge in [-0.05, 0) is 112 Å². The van der Waals surface area contributed by atoms with Gasteiger partial charge in [-0.2, -0.15) is 0 Å². The van der Waals surface area contributed by atoms with Crippen LogP contribution >= 0.6 is 7.52 Å². The van der Waals surface area contributed by atoms with Crippen molar-refractivity contribution in [1.29, 1.82) is 0 Å². The van der Waals surface area contributed by atoms with Crippen LogP contribution in [0.2, 0.25) is 0 Å². The van der Waals surface area contributed by atoms with E-state index < -0.39 is 25.6 Å². The lowest BCUT2D eigenvalue weighted by Crippen LogP contribution is -2.36. The highest BCUT2D eigenvalue weighted by Crippen LogP contribution is 2.44. The molecule has 44 heavy (non-hydrogen) atoms. The largest absolute Gasteiger partial charge is 0.481 e. The molecule has 0 fully saturated rings. The SMILES string of the molecule is CCNC(=O)Oc1ccc(Cc2c(C)cc(OCP(=O)(N[C@@H](C)C(=O)OC(C)C)Oc3ccccc3)cc2C)cc1C(C)C. The summed E-state index contributed by atoms with van der Waals surface area (Å²) in [6.07, 6.45) is -0.406. The summed E-state index contributed by atoms with van der Waals surface area (Å²) in [5.41, 5.74) is 5.20. The predicted octanol–water partition coefficient (Wildman–Crippen LogP) is 7.66. The number of rotatable bonds is 14. The second-order valence-corrected chi connectivity index (χ2v) is 13.4. The molecule has 10 heteroatoms. The molecule has 9 nitrogen and oxygen atoms in total. The summed E-state index contributed by atoms with van der Waals surface area (Å²) in [4.78, 5) is 24.5. The molecule has 0 bridgehead atoms. The van der Waals surface area contributed by atoms with Crippen molar-refractivity contribution in [2.45, 2.75) is 79.9 Å². The van der Waals surface area contributed by atoms with E-state index in [2.05, 4.69) is 30.3 Å². The quantitative estimate of drug-likeness (QED) is 0.139. The summed E-state index contributed by atoms with van der Waals surface area (Å²) in [6.45, 7) is 15.6. The van der Waals surface area contributed by atoms with Gasteiger partial charge in [-0.3, -0.25) is 9.36 Å². The number of para-hydroxylation sites is 1. The van der Waals surface area contributed by atoms with E-state index in [-0.39, 0.29) is 18.4 Å². The van der Waals surface area contributed by atoms with Crippen molar-refractivity contribution in [3.05, 3.63) is 88.5 Å². The number of nitrogens with one attached hydrogen (secondary N) is 2. The Morgan fingerprint density at radius 2 is 1.55 bits per heavy atom. The standard InChI is InChI=1S/C34H45N2O7P/c1-9-35-34(38)42-32-16-15-27(19-30(32)22(2)3)20-31-24(6)17-29(18-25(31)7)40-21-44(39,43-28-13-11-10-12-14-28)36-26(8)33(37)41-23(4)5/h10-19,22-23,26H,9,20-21H2,1-8H3,(H,35,38)(H,36,39)/t26-,44?/m0/s1. The third-order valence-corrected chi connectivity index (χ3v) is 8.52. The highest BCUT2D eigenvalue weighted by Gasteiger charge is 2.32. The van der Waals surface area contributed by atoms with Crippen molar-refractivity contribution in [3.63, 3.8) is 0 Å². The normalized spacial score (nSPS) is 13.2. The van der Waals surface area contributed by atoms with Crippen molar-refractivity contribution in [1.82, 2.24) is 10.4 Å². The van der Waals surface area contributed by atoms with Crippen LogP contribution in [0.4, 0.5) is 4.79 Å². The van der Waals surface area contributed by atoms with Crippen molar-refractivity contribution in [3.8, 4) is 17.2 Å². The Kier molecular flexibility index (Phi) is 12.4. The number of carbonyl (C=O) groups is 2. The zero-order chi connectivity index (χ0) is 32.4. The van der Waals surface area contributed by atoms with Crippen LogP contribution in [0.25, 0.3) is 0 Å². The first kappa shape index (κ1) is 34.7. The number of hydrogen-bond acceptors (Lipinski definition) is 7. The van der Waals surface area contributed by atoms with Gasteiger partial charge in [-0.1, -0.05) is 44.2 Å². The zero-order valence-corrected chi connectivity index (χ0v) is 27.8. The maximum atomic E-state index is 14.0. The molecule has 3 rings (SSSR count). The topological polar surface area (TPSA) is 112 Å². The number of amides is 1. The van der Waals surface area contributed by atoms with Crippen LogP contribution in [0.1, 0.15) is 75.3 Å². The van der Waals surface area contributed by atoms with Crippen LogP contribution < -0.4 is 24.4 Å². The van der Waals surface area contributed by atoms with Gasteiger partial charge >= 0.3 is 19.6 Å². The van der Waals surface area contributed by atoms with Crippen LogP contribution in [0.15, 0.2) is 60.7 Å². The van der Waals surface area contributed by atoms with E-state index >= 15 is 0 Å². The van der Waals surface area contributed by atoms with E-state index in [1.165, 1.54) is 0 Å². The second kappa shape index (κ2) is 15.8. The molecule has 3 aromatic rings. The number of ether oxygens (including phenoxy) is 3. The molecule has 0 aliphatic carbocycles. The van der Waals surface area contributed by atoms with E-state index in [9.17, 15) is 14.2 Å². The third-order valence-electron chi connectivity index (χ3n) is 6.76. The minimum Gasteiger partial charge on any atom is -0.481 e. The first-order valence-electron chi connectivity index (χ1n) is 14.9. The summed E-state index contributed by atoms with van der Waals surface area (Å²) < 4.78 is 36.7. The Labute approximate surface area is 261 Å². The van der Waals surface area contributed by atoms with Crippen LogP contribution in [-0.4, -0.2) is 37.1 Å². The molecule has 0 saturated heterocycles. The highest BCUT2D eigenvalue weighted by molar-refractivity contribution is 7.57. The minimum absolute atomic E-state index is 0.162. The zero-order valence-electron chi connectivity index (χ0n) is 26.9. The van der Waals surface area contributed by atoms with E-state index in [1.807, 2.05) is 51.1 Å². The number of esters is 1. The van der Waals surface area contributed by atoms with E-state index in [0.29, 0.717) is 30.2 Å². The Morgan fingerprint density at radius 1 is 0.886 bits per heavy atom. The molecular formula is C34H45N2O7P. The van der Waals surface area contributed by atoms with Crippen molar-refractivity contribution in [2.24, 2.45) is 0 Å². The van der Waals surface area contributed by atoms with Gasteiger partial charge in [0.25, 0.3) is 0 Å². The van der Waals surface area contributed by atoms with Gasteiger partial charge in [-0.25, -0.2) is 9.88 Å². The summed E-state index contributed by atoms with van der Waals surface area (Å²) in [5.74, 6) is 1.11. The number of aryl methyl sites for hydroxylation is 2. The van der Waals surface area contributed by atoms with Gasteiger partial charge in [-0.15, -0.1) is 0 Å². The van der Waals surface area contributed by atoms with Crippen LogP contribution in [0.5, 0.6) is 17.2 Å². The molecule has 1 amide bonds. The monoisotopic (exact) mass is 624 g/mol. The minimum atomic E-state index is -3.70. The Balaban J connectivity index is 1.79. The van der Waals surface area contributed by atoms with Gasteiger partial charge < -0.3 is 24.1 Å².